The monoisotopic (exact) mass is 455 g/mol. The van der Waals surface area contributed by atoms with Gasteiger partial charge in [0, 0.05) is 45.3 Å². The molecule has 1 fully saturated rings. The van der Waals surface area contributed by atoms with E-state index in [0.717, 1.165) is 30.5 Å². The van der Waals surface area contributed by atoms with Crippen LogP contribution < -0.4 is 10.2 Å². The predicted octanol–water partition coefficient (Wildman–Crippen LogP) is 3.35. The molecule has 1 amide bonds. The van der Waals surface area contributed by atoms with Gasteiger partial charge in [-0.05, 0) is 79.5 Å². The Hall–Kier alpha value is -2.38. The summed E-state index contributed by atoms with van der Waals surface area (Å²) in [7, 11) is 0.477. The minimum Gasteiger partial charge on any atom is -0.378 e. The molecule has 0 saturated carbocycles. The summed E-state index contributed by atoms with van der Waals surface area (Å²) in [6, 6.07) is 13.7. The van der Waals surface area contributed by atoms with Crippen molar-refractivity contribution in [1.29, 1.82) is 0 Å². The van der Waals surface area contributed by atoms with E-state index in [9.17, 15) is 13.2 Å². The molecular formula is C25H33N3O3S. The first kappa shape index (κ1) is 22.8. The zero-order chi connectivity index (χ0) is 22.7. The largest absolute Gasteiger partial charge is 0.378 e. The van der Waals surface area contributed by atoms with Crippen LogP contribution in [0, 0.1) is 5.92 Å². The average molecular weight is 456 g/mol. The summed E-state index contributed by atoms with van der Waals surface area (Å²) in [5.74, 6) is -0.140. The van der Waals surface area contributed by atoms with Crippen LogP contribution in [0.4, 0.5) is 5.69 Å². The van der Waals surface area contributed by atoms with E-state index in [1.54, 1.807) is 10.4 Å². The third-order valence-corrected chi connectivity index (χ3v) is 8.60. The molecule has 7 heteroatoms. The molecule has 2 aromatic rings. The number of benzene rings is 2. The van der Waals surface area contributed by atoms with E-state index < -0.39 is 10.0 Å². The molecule has 2 aliphatic rings. The molecular weight excluding hydrogens is 422 g/mol. The highest BCUT2D eigenvalue weighted by Gasteiger charge is 2.32. The highest BCUT2D eigenvalue weighted by Crippen LogP contribution is 2.28. The zero-order valence-electron chi connectivity index (χ0n) is 19.0. The number of nitrogens with zero attached hydrogens (tertiary/aromatic N) is 2. The molecule has 1 N–H and O–H groups in total. The molecule has 0 atom stereocenters. The molecule has 0 aromatic heterocycles. The SMILES string of the molecule is CN(C)c1ccc(CNC(=O)C2CCN(S(=O)(=O)c3ccc4c(c3)CCCC4)CC2)cc1. The summed E-state index contributed by atoms with van der Waals surface area (Å²) >= 11 is 0. The molecule has 172 valence electrons. The number of amides is 1. The van der Waals surface area contributed by atoms with E-state index in [0.29, 0.717) is 37.4 Å². The fraction of sp³-hybridized carbons (Fsp3) is 0.480. The van der Waals surface area contributed by atoms with Crippen LogP contribution in [0.3, 0.4) is 0 Å². The van der Waals surface area contributed by atoms with Crippen molar-refractivity contribution in [3.05, 3.63) is 59.2 Å². The predicted molar refractivity (Wildman–Crippen MR) is 127 cm³/mol. The number of aryl methyl sites for hydroxylation is 2. The second kappa shape index (κ2) is 9.63. The summed E-state index contributed by atoms with van der Waals surface area (Å²) in [6.07, 6.45) is 5.40. The maximum absolute atomic E-state index is 13.2. The van der Waals surface area contributed by atoms with Gasteiger partial charge in [0.15, 0.2) is 0 Å². The van der Waals surface area contributed by atoms with Crippen molar-refractivity contribution >= 4 is 21.6 Å². The lowest BCUT2D eigenvalue weighted by molar-refractivity contribution is -0.126. The Morgan fingerprint density at radius 3 is 2.31 bits per heavy atom. The van der Waals surface area contributed by atoms with Crippen LogP contribution in [0.2, 0.25) is 0 Å². The Morgan fingerprint density at radius 2 is 1.66 bits per heavy atom. The molecule has 1 aliphatic carbocycles. The van der Waals surface area contributed by atoms with Crippen LogP contribution in [0.15, 0.2) is 47.4 Å². The Kier molecular flexibility index (Phi) is 6.86. The molecule has 2 aromatic carbocycles. The average Bonchev–Trinajstić information content (AvgIpc) is 2.82. The lowest BCUT2D eigenvalue weighted by Gasteiger charge is -2.31. The first-order valence-electron chi connectivity index (χ1n) is 11.5. The number of carbonyl (C=O) groups excluding carboxylic acids is 1. The van der Waals surface area contributed by atoms with E-state index in [2.05, 4.69) is 5.32 Å². The van der Waals surface area contributed by atoms with Crippen molar-refractivity contribution in [3.63, 3.8) is 0 Å². The normalized spacial score (nSPS) is 17.6. The number of piperidine rings is 1. The molecule has 0 radical (unpaired) electrons. The second-order valence-electron chi connectivity index (χ2n) is 9.09. The molecule has 0 unspecified atom stereocenters. The van der Waals surface area contributed by atoms with E-state index >= 15 is 0 Å². The Balaban J connectivity index is 1.31. The minimum atomic E-state index is -3.51. The van der Waals surface area contributed by atoms with Crippen molar-refractivity contribution in [1.82, 2.24) is 9.62 Å². The van der Waals surface area contributed by atoms with Gasteiger partial charge in [-0.15, -0.1) is 0 Å². The number of fused-ring (bicyclic) bond motifs is 1. The van der Waals surface area contributed by atoms with Gasteiger partial charge in [-0.2, -0.15) is 4.31 Å². The Morgan fingerprint density at radius 1 is 1.00 bits per heavy atom. The summed E-state index contributed by atoms with van der Waals surface area (Å²) in [5, 5.41) is 3.02. The van der Waals surface area contributed by atoms with E-state index in [1.165, 1.54) is 17.5 Å². The van der Waals surface area contributed by atoms with Gasteiger partial charge in [0.05, 0.1) is 4.90 Å². The lowest BCUT2D eigenvalue weighted by atomic mass is 9.92. The smallest absolute Gasteiger partial charge is 0.243 e. The van der Waals surface area contributed by atoms with Gasteiger partial charge in [0.2, 0.25) is 15.9 Å². The number of hydrogen-bond acceptors (Lipinski definition) is 4. The van der Waals surface area contributed by atoms with Gasteiger partial charge < -0.3 is 10.2 Å². The van der Waals surface area contributed by atoms with Gasteiger partial charge in [-0.3, -0.25) is 4.79 Å². The van der Waals surface area contributed by atoms with Crippen LogP contribution in [0.5, 0.6) is 0 Å². The van der Waals surface area contributed by atoms with Crippen LogP contribution in [-0.4, -0.2) is 45.8 Å². The van der Waals surface area contributed by atoms with Crippen LogP contribution in [-0.2, 0) is 34.2 Å². The van der Waals surface area contributed by atoms with Gasteiger partial charge in [0.1, 0.15) is 0 Å². The molecule has 0 bridgehead atoms. The number of nitrogens with one attached hydrogen (secondary N) is 1. The van der Waals surface area contributed by atoms with Crippen LogP contribution in [0.1, 0.15) is 42.4 Å². The molecule has 0 spiro atoms. The second-order valence-corrected chi connectivity index (χ2v) is 11.0. The topological polar surface area (TPSA) is 69.7 Å². The summed E-state index contributed by atoms with van der Waals surface area (Å²) < 4.78 is 27.9. The third-order valence-electron chi connectivity index (χ3n) is 6.70. The molecule has 1 saturated heterocycles. The number of rotatable bonds is 6. The van der Waals surface area contributed by atoms with Crippen LogP contribution >= 0.6 is 0 Å². The van der Waals surface area contributed by atoms with Crippen molar-refractivity contribution in [2.75, 3.05) is 32.1 Å². The quantitative estimate of drug-likeness (QED) is 0.725. The third kappa shape index (κ3) is 4.99. The number of carbonyl (C=O) groups is 1. The van der Waals surface area contributed by atoms with Gasteiger partial charge in [0.25, 0.3) is 0 Å². The fourth-order valence-electron chi connectivity index (χ4n) is 4.62. The molecule has 32 heavy (non-hydrogen) atoms. The number of sulfonamides is 1. The lowest BCUT2D eigenvalue weighted by Crippen LogP contribution is -2.42. The van der Waals surface area contributed by atoms with E-state index in [-0.39, 0.29) is 11.8 Å². The summed E-state index contributed by atoms with van der Waals surface area (Å²) in [6.45, 7) is 1.25. The van der Waals surface area contributed by atoms with Gasteiger partial charge in [-0.25, -0.2) is 8.42 Å². The zero-order valence-corrected chi connectivity index (χ0v) is 19.8. The Bertz CT molecular complexity index is 1060. The van der Waals surface area contributed by atoms with E-state index in [4.69, 9.17) is 0 Å². The van der Waals surface area contributed by atoms with Crippen LogP contribution in [0.25, 0.3) is 0 Å². The molecule has 1 aliphatic heterocycles. The number of anilines is 1. The van der Waals surface area contributed by atoms with Gasteiger partial charge >= 0.3 is 0 Å². The number of hydrogen-bond donors (Lipinski definition) is 1. The van der Waals surface area contributed by atoms with Gasteiger partial charge in [-0.1, -0.05) is 18.2 Å². The first-order chi connectivity index (χ1) is 15.3. The molecule has 1 heterocycles. The van der Waals surface area contributed by atoms with Crippen molar-refractivity contribution in [3.8, 4) is 0 Å². The summed E-state index contributed by atoms with van der Waals surface area (Å²) in [4.78, 5) is 15.1. The maximum Gasteiger partial charge on any atom is 0.243 e. The molecule has 4 rings (SSSR count). The maximum atomic E-state index is 13.2. The standard InChI is InChI=1S/C25H33N3O3S/c1-27(2)23-10-7-19(8-11-23)18-26-25(29)21-13-15-28(16-14-21)32(30,31)24-12-9-20-5-3-4-6-22(20)17-24/h7-12,17,21H,3-6,13-16,18H2,1-2H3,(H,26,29). The molecule has 6 nitrogen and oxygen atoms in total. The first-order valence-corrected chi connectivity index (χ1v) is 12.9. The highest BCUT2D eigenvalue weighted by atomic mass is 32.2. The van der Waals surface area contributed by atoms with E-state index in [1.807, 2.05) is 55.4 Å². The fourth-order valence-corrected chi connectivity index (χ4v) is 6.14. The van der Waals surface area contributed by atoms with Crippen molar-refractivity contribution < 1.29 is 13.2 Å². The Labute approximate surface area is 191 Å². The van der Waals surface area contributed by atoms with Crippen molar-refractivity contribution in [2.45, 2.75) is 50.0 Å². The minimum absolute atomic E-state index is 0.00696. The van der Waals surface area contributed by atoms with Crippen molar-refractivity contribution in [2.24, 2.45) is 5.92 Å². The summed E-state index contributed by atoms with van der Waals surface area (Å²) in [5.41, 5.74) is 4.62. The highest BCUT2D eigenvalue weighted by molar-refractivity contribution is 7.89.